The second-order valence-electron chi connectivity index (χ2n) is 20.0. The first-order chi connectivity index (χ1) is 25.6. The van der Waals surface area contributed by atoms with E-state index in [1.165, 1.54) is 99.3 Å². The average Bonchev–Trinajstić information content (AvgIpc) is 3.53. The van der Waals surface area contributed by atoms with Crippen LogP contribution in [0, 0.1) is 40.4 Å². The fourth-order valence-corrected chi connectivity index (χ4v) is 22.2. The van der Waals surface area contributed by atoms with Gasteiger partial charge in [0.25, 0.3) is 0 Å². The molecule has 4 aliphatic carbocycles. The molecule has 0 bridgehead atoms. The zero-order valence-corrected chi connectivity index (χ0v) is 41.4. The third-order valence-electron chi connectivity index (χ3n) is 17.6. The molecule has 0 aliphatic heterocycles. The minimum atomic E-state index is -1.91. The van der Waals surface area contributed by atoms with Crippen LogP contribution in [-0.2, 0) is 13.3 Å². The largest absolute Gasteiger partial charge is 0.413 e. The molecule has 0 unspecified atom stereocenters. The van der Waals surface area contributed by atoms with Crippen molar-refractivity contribution in [2.24, 2.45) is 40.4 Å². The summed E-state index contributed by atoms with van der Waals surface area (Å²) in [5, 5.41) is 0. The average molecular weight is 800 g/mol. The molecular weight excluding hydrogens is 709 g/mol. The molecule has 0 amide bonds. The van der Waals surface area contributed by atoms with Gasteiger partial charge in [-0.25, -0.2) is 0 Å². The van der Waals surface area contributed by atoms with E-state index in [1.807, 2.05) is 0 Å². The summed E-state index contributed by atoms with van der Waals surface area (Å²) < 4.78 is 22.5. The molecule has 3 fully saturated rings. The van der Waals surface area contributed by atoms with Gasteiger partial charge in [-0.05, 0) is 142 Å². The summed E-state index contributed by atoms with van der Waals surface area (Å²) in [5.74, 6) is 3.21. The van der Waals surface area contributed by atoms with Crippen molar-refractivity contribution in [1.29, 1.82) is 0 Å². The highest BCUT2D eigenvalue weighted by Crippen LogP contribution is 2.67. The van der Waals surface area contributed by atoms with Crippen molar-refractivity contribution in [3.8, 4) is 0 Å². The van der Waals surface area contributed by atoms with Crippen LogP contribution in [0.2, 0.25) is 54.4 Å². The highest BCUT2D eigenvalue weighted by atomic mass is 28.4. The molecule has 0 aromatic heterocycles. The van der Waals surface area contributed by atoms with E-state index in [0.29, 0.717) is 23.2 Å². The molecule has 3 nitrogen and oxygen atoms in total. The van der Waals surface area contributed by atoms with Gasteiger partial charge in [-0.3, -0.25) is 0 Å². The third-order valence-corrected chi connectivity index (χ3v) is 31.7. The second-order valence-corrected chi connectivity index (χ2v) is 34.2. The van der Waals surface area contributed by atoms with Crippen molar-refractivity contribution >= 4 is 25.0 Å². The van der Waals surface area contributed by atoms with Gasteiger partial charge in [0, 0.05) is 11.3 Å². The molecule has 0 N–H and O–H groups in total. The van der Waals surface area contributed by atoms with Crippen molar-refractivity contribution in [1.82, 2.24) is 0 Å². The molecule has 0 aromatic carbocycles. The Bertz CT molecular complexity index is 1250. The molecule has 0 saturated heterocycles. The zero-order chi connectivity index (χ0) is 40.2. The Hall–Kier alpha value is -0.249. The molecule has 54 heavy (non-hydrogen) atoms. The van der Waals surface area contributed by atoms with Gasteiger partial charge in [0.2, 0.25) is 0 Å². The Morgan fingerprint density at radius 3 is 1.87 bits per heavy atom. The molecule has 6 heteroatoms. The number of hydrogen-bond donors (Lipinski definition) is 0. The van der Waals surface area contributed by atoms with E-state index >= 15 is 0 Å². The fraction of sp³-hybridized carbons (Fsp3) is 0.875. The first kappa shape index (κ1) is 46.4. The summed E-state index contributed by atoms with van der Waals surface area (Å²) in [4.78, 5) is 0. The maximum absolute atomic E-state index is 7.93. The van der Waals surface area contributed by atoms with Crippen LogP contribution in [0.1, 0.15) is 155 Å². The highest BCUT2D eigenvalue weighted by Gasteiger charge is 2.62. The van der Waals surface area contributed by atoms with Gasteiger partial charge >= 0.3 is 0 Å². The normalized spacial score (nSPS) is 32.3. The van der Waals surface area contributed by atoms with Crippen LogP contribution in [0.4, 0.5) is 0 Å². The van der Waals surface area contributed by atoms with Crippen LogP contribution in [0.3, 0.4) is 0 Å². The standard InChI is InChI=1S/C48H90O3Si3/c1-16-27-40-44(49-52(17-2,18-3)19-4)36-38-29-30-39-42-32-31-41(37(11)28-26-34-46(12,13)51-54(23-8,24-9)25-10)47(42,14)35-33-43(39)48(38,15)45(40)50-53(20-5,21-6)22-7/h16,29-30,37,40-45H,1,17-28,31-36H2,2-15H3/t37-,40-,41-,42+,43+,44-,45+,47-,48+/m1/s1. The van der Waals surface area contributed by atoms with E-state index in [0.717, 1.165) is 24.7 Å². The van der Waals surface area contributed by atoms with E-state index < -0.39 is 25.0 Å². The Morgan fingerprint density at radius 2 is 1.33 bits per heavy atom. The maximum atomic E-state index is 7.93. The Balaban J connectivity index is 1.64. The van der Waals surface area contributed by atoms with Gasteiger partial charge in [0.05, 0.1) is 17.8 Å². The van der Waals surface area contributed by atoms with Gasteiger partial charge in [0.1, 0.15) is 0 Å². The van der Waals surface area contributed by atoms with E-state index in [9.17, 15) is 0 Å². The molecule has 4 aliphatic rings. The topological polar surface area (TPSA) is 27.7 Å². The molecule has 0 spiro atoms. The quantitative estimate of drug-likeness (QED) is 0.0806. The highest BCUT2D eigenvalue weighted by molar-refractivity contribution is 6.74. The van der Waals surface area contributed by atoms with Crippen LogP contribution >= 0.6 is 0 Å². The third kappa shape index (κ3) is 8.85. The predicted molar refractivity (Wildman–Crippen MR) is 244 cm³/mol. The summed E-state index contributed by atoms with van der Waals surface area (Å²) in [6.07, 6.45) is 19.2. The minimum absolute atomic E-state index is 0.00622. The lowest BCUT2D eigenvalue weighted by Crippen LogP contribution is -2.61. The van der Waals surface area contributed by atoms with E-state index in [2.05, 4.69) is 122 Å². The van der Waals surface area contributed by atoms with Gasteiger partial charge in [-0.15, -0.1) is 6.58 Å². The lowest BCUT2D eigenvalue weighted by molar-refractivity contribution is -0.0843. The van der Waals surface area contributed by atoms with E-state index in [1.54, 1.807) is 11.1 Å². The van der Waals surface area contributed by atoms with Crippen LogP contribution in [-0.4, -0.2) is 42.8 Å². The van der Waals surface area contributed by atoms with Crippen molar-refractivity contribution in [3.05, 3.63) is 36.0 Å². The molecule has 0 heterocycles. The first-order valence-corrected chi connectivity index (χ1v) is 31.2. The Kier molecular flexibility index (Phi) is 16.1. The smallest absolute Gasteiger partial charge is 0.192 e. The number of allylic oxidation sites excluding steroid dienone is 4. The molecule has 4 rings (SSSR count). The Morgan fingerprint density at radius 1 is 0.778 bits per heavy atom. The van der Waals surface area contributed by atoms with Crippen LogP contribution in [0.5, 0.6) is 0 Å². The summed E-state index contributed by atoms with van der Waals surface area (Å²) in [6, 6.07) is 10.9. The molecular formula is C48H90O3Si3. The monoisotopic (exact) mass is 799 g/mol. The summed E-state index contributed by atoms with van der Waals surface area (Å²) >= 11 is 0. The van der Waals surface area contributed by atoms with Gasteiger partial charge in [-0.2, -0.15) is 0 Å². The van der Waals surface area contributed by atoms with Gasteiger partial charge in [-0.1, -0.05) is 125 Å². The van der Waals surface area contributed by atoms with Crippen molar-refractivity contribution in [3.63, 3.8) is 0 Å². The van der Waals surface area contributed by atoms with Crippen LogP contribution in [0.25, 0.3) is 0 Å². The lowest BCUT2D eigenvalue weighted by Gasteiger charge is -2.61. The maximum Gasteiger partial charge on any atom is 0.192 e. The second kappa shape index (κ2) is 18.8. The van der Waals surface area contributed by atoms with Crippen LogP contribution < -0.4 is 0 Å². The molecule has 3 saturated carbocycles. The van der Waals surface area contributed by atoms with E-state index in [-0.39, 0.29) is 23.2 Å². The van der Waals surface area contributed by atoms with Crippen molar-refractivity contribution in [2.75, 3.05) is 0 Å². The molecule has 9 atom stereocenters. The van der Waals surface area contributed by atoms with Gasteiger partial charge in [0.15, 0.2) is 25.0 Å². The summed E-state index contributed by atoms with van der Waals surface area (Å²) in [5.41, 5.74) is 3.84. The minimum Gasteiger partial charge on any atom is -0.413 e. The molecule has 312 valence electrons. The van der Waals surface area contributed by atoms with Crippen molar-refractivity contribution in [2.45, 2.75) is 227 Å². The van der Waals surface area contributed by atoms with Gasteiger partial charge < -0.3 is 13.3 Å². The number of hydrogen-bond acceptors (Lipinski definition) is 3. The van der Waals surface area contributed by atoms with Crippen molar-refractivity contribution < 1.29 is 13.3 Å². The molecule has 0 radical (unpaired) electrons. The van der Waals surface area contributed by atoms with Crippen LogP contribution in [0.15, 0.2) is 36.0 Å². The first-order valence-electron chi connectivity index (χ1n) is 23.6. The lowest BCUT2D eigenvalue weighted by atomic mass is 9.48. The predicted octanol–water partition coefficient (Wildman–Crippen LogP) is 15.3. The summed E-state index contributed by atoms with van der Waals surface area (Å²) in [7, 11) is -5.34. The number of fused-ring (bicyclic) bond motifs is 5. The number of rotatable bonds is 22. The fourth-order valence-electron chi connectivity index (χ4n) is 13.2. The zero-order valence-electron chi connectivity index (χ0n) is 38.4. The molecule has 0 aromatic rings. The van der Waals surface area contributed by atoms with E-state index in [4.69, 9.17) is 13.3 Å². The SMILES string of the molecule is C=CC[C@@H]1[C@H](O[Si](CC)(CC)CC)CC2=CC=C3[C@@H]4CC[C@H]([C@H](C)CCCC(C)(C)O[Si](CC)(CC)CC)[C@@]4(C)CC[C@@H]3[C@@]2(C)[C@H]1O[Si](CC)(CC)CC. The summed E-state index contributed by atoms with van der Waals surface area (Å²) in [6.45, 7) is 38.7. The Labute approximate surface area is 340 Å².